The molecule has 1 aromatic heterocycles. The Balaban J connectivity index is 1.73. The minimum Gasteiger partial charge on any atom is -0.379 e. The average Bonchev–Trinajstić information content (AvgIpc) is 3.20. The van der Waals surface area contributed by atoms with Crippen LogP contribution >= 0.6 is 11.3 Å². The molecule has 0 atom stereocenters. The van der Waals surface area contributed by atoms with Gasteiger partial charge in [-0.1, -0.05) is 30.3 Å². The molecule has 1 aliphatic rings. The Morgan fingerprint density at radius 1 is 1.03 bits per heavy atom. The van der Waals surface area contributed by atoms with E-state index in [0.29, 0.717) is 32.8 Å². The number of carbonyl (C=O) groups is 2. The Morgan fingerprint density at radius 2 is 1.74 bits per heavy atom. The molecule has 2 heterocycles. The lowest BCUT2D eigenvalue weighted by Crippen LogP contribution is -2.53. The Hall–Kier alpha value is -2.42. The molecule has 0 unspecified atom stereocenters. The van der Waals surface area contributed by atoms with Gasteiger partial charge < -0.3 is 19.9 Å². The zero-order valence-corrected chi connectivity index (χ0v) is 21.7. The van der Waals surface area contributed by atoms with Crippen LogP contribution < -0.4 is 5.32 Å². The van der Waals surface area contributed by atoms with Crippen molar-refractivity contribution in [1.82, 2.24) is 20.0 Å². The summed E-state index contributed by atoms with van der Waals surface area (Å²) in [5.41, 5.74) is 0.693. The van der Waals surface area contributed by atoms with Gasteiger partial charge in [0.25, 0.3) is 0 Å². The molecular formula is C26H38N4O3S. The normalized spacial score (nSPS) is 14.6. The van der Waals surface area contributed by atoms with Crippen molar-refractivity contribution < 1.29 is 14.3 Å². The number of hydrogen-bond donors (Lipinski definition) is 1. The minimum atomic E-state index is -0.379. The van der Waals surface area contributed by atoms with E-state index in [4.69, 9.17) is 4.74 Å². The van der Waals surface area contributed by atoms with Crippen LogP contribution in [0.25, 0.3) is 0 Å². The van der Waals surface area contributed by atoms with Gasteiger partial charge in [-0.3, -0.25) is 9.69 Å². The van der Waals surface area contributed by atoms with Gasteiger partial charge in [0, 0.05) is 48.0 Å². The van der Waals surface area contributed by atoms with E-state index in [1.807, 2.05) is 56.0 Å². The van der Waals surface area contributed by atoms with Crippen LogP contribution in [0.5, 0.6) is 0 Å². The summed E-state index contributed by atoms with van der Waals surface area (Å²) >= 11 is 1.70. The number of nitrogens with zero attached hydrogens (tertiary/aromatic N) is 3. The molecule has 1 fully saturated rings. The quantitative estimate of drug-likeness (QED) is 0.587. The molecule has 0 radical (unpaired) electrons. The highest BCUT2D eigenvalue weighted by atomic mass is 32.1. The summed E-state index contributed by atoms with van der Waals surface area (Å²) in [6.07, 6.45) is 0. The second kappa shape index (κ2) is 12.3. The number of nitrogens with one attached hydrogen (secondary N) is 1. The Bertz CT molecular complexity index is 920. The van der Waals surface area contributed by atoms with Crippen molar-refractivity contribution in [2.45, 2.75) is 46.3 Å². The molecule has 34 heavy (non-hydrogen) atoms. The number of rotatable bonds is 9. The highest BCUT2D eigenvalue weighted by Crippen LogP contribution is 2.19. The summed E-state index contributed by atoms with van der Waals surface area (Å²) < 4.78 is 5.44. The number of benzene rings is 1. The van der Waals surface area contributed by atoms with Crippen molar-refractivity contribution in [1.29, 1.82) is 0 Å². The molecule has 1 aromatic carbocycles. The van der Waals surface area contributed by atoms with Crippen LogP contribution in [0.4, 0.5) is 4.79 Å². The summed E-state index contributed by atoms with van der Waals surface area (Å²) in [7, 11) is 0. The van der Waals surface area contributed by atoms with Crippen LogP contribution in [0.1, 0.15) is 36.1 Å². The molecule has 1 saturated heterocycles. The molecular weight excluding hydrogens is 448 g/mol. The third-order valence-corrected chi connectivity index (χ3v) is 6.58. The number of thiophene rings is 1. The van der Waals surface area contributed by atoms with Gasteiger partial charge in [-0.15, -0.1) is 11.3 Å². The average molecular weight is 487 g/mol. The Kier molecular flexibility index (Phi) is 9.50. The van der Waals surface area contributed by atoms with Gasteiger partial charge in [-0.25, -0.2) is 4.79 Å². The van der Waals surface area contributed by atoms with Gasteiger partial charge in [0.05, 0.1) is 19.8 Å². The molecule has 1 N–H and O–H groups in total. The zero-order chi connectivity index (χ0) is 24.6. The lowest BCUT2D eigenvalue weighted by atomic mass is 10.1. The summed E-state index contributed by atoms with van der Waals surface area (Å²) in [5, 5.41) is 3.03. The number of urea groups is 1. The number of ether oxygens (including phenoxy) is 1. The fourth-order valence-electron chi connectivity index (χ4n) is 3.80. The molecule has 1 aliphatic heterocycles. The molecule has 7 nitrogen and oxygen atoms in total. The molecule has 0 bridgehead atoms. The van der Waals surface area contributed by atoms with E-state index in [9.17, 15) is 9.59 Å². The van der Waals surface area contributed by atoms with Gasteiger partial charge in [0.1, 0.15) is 6.54 Å². The maximum absolute atomic E-state index is 13.6. The van der Waals surface area contributed by atoms with Crippen molar-refractivity contribution >= 4 is 23.3 Å². The van der Waals surface area contributed by atoms with Crippen LogP contribution in [0.2, 0.25) is 0 Å². The first-order valence-electron chi connectivity index (χ1n) is 11.9. The molecule has 186 valence electrons. The summed E-state index contributed by atoms with van der Waals surface area (Å²) in [6.45, 7) is 13.3. The lowest BCUT2D eigenvalue weighted by molar-refractivity contribution is -0.133. The van der Waals surface area contributed by atoms with E-state index in [1.165, 1.54) is 4.88 Å². The smallest absolute Gasteiger partial charge is 0.318 e. The fourth-order valence-corrected chi connectivity index (χ4v) is 4.70. The van der Waals surface area contributed by atoms with Crippen molar-refractivity contribution in [2.75, 3.05) is 45.9 Å². The summed E-state index contributed by atoms with van der Waals surface area (Å²) in [6, 6.07) is 14.0. The summed E-state index contributed by atoms with van der Waals surface area (Å²) in [4.78, 5) is 34.8. The third-order valence-electron chi connectivity index (χ3n) is 5.60. The van der Waals surface area contributed by atoms with Crippen molar-refractivity contribution in [3.63, 3.8) is 0 Å². The number of morpholine rings is 1. The van der Waals surface area contributed by atoms with Crippen molar-refractivity contribution in [2.24, 2.45) is 0 Å². The molecule has 3 rings (SSSR count). The molecule has 3 amide bonds. The SMILES string of the molecule is Cc1ccc(CN(Cc2ccccc2)C(=O)CN(CCN2CCOCC2)C(=O)NC(C)(C)C)s1. The Morgan fingerprint density at radius 3 is 2.35 bits per heavy atom. The fraction of sp³-hybridized carbons (Fsp3) is 0.538. The molecule has 0 saturated carbocycles. The van der Waals surface area contributed by atoms with E-state index in [1.54, 1.807) is 16.2 Å². The van der Waals surface area contributed by atoms with Gasteiger partial charge in [0.2, 0.25) is 5.91 Å². The van der Waals surface area contributed by atoms with Crippen LogP contribution in [-0.2, 0) is 22.6 Å². The van der Waals surface area contributed by atoms with Crippen molar-refractivity contribution in [3.05, 3.63) is 57.8 Å². The second-order valence-corrected chi connectivity index (χ2v) is 11.2. The monoisotopic (exact) mass is 486 g/mol. The van der Waals surface area contributed by atoms with Crippen LogP contribution in [0, 0.1) is 6.92 Å². The van der Waals surface area contributed by atoms with Gasteiger partial charge in [-0.2, -0.15) is 0 Å². The first kappa shape index (κ1) is 26.2. The van der Waals surface area contributed by atoms with Crippen LogP contribution in [0.3, 0.4) is 0 Å². The van der Waals surface area contributed by atoms with E-state index < -0.39 is 0 Å². The van der Waals surface area contributed by atoms with Crippen molar-refractivity contribution in [3.8, 4) is 0 Å². The van der Waals surface area contributed by atoms with Crippen LogP contribution in [-0.4, -0.2) is 78.1 Å². The number of carbonyl (C=O) groups excluding carboxylic acids is 2. The number of aryl methyl sites for hydroxylation is 1. The number of hydrogen-bond acceptors (Lipinski definition) is 5. The van der Waals surface area contributed by atoms with E-state index in [0.717, 1.165) is 30.1 Å². The third kappa shape index (κ3) is 8.74. The van der Waals surface area contributed by atoms with E-state index >= 15 is 0 Å². The van der Waals surface area contributed by atoms with E-state index in [-0.39, 0.29) is 24.0 Å². The highest BCUT2D eigenvalue weighted by Gasteiger charge is 2.25. The molecule has 0 spiro atoms. The molecule has 0 aliphatic carbocycles. The minimum absolute atomic E-state index is 0.0451. The largest absolute Gasteiger partial charge is 0.379 e. The zero-order valence-electron chi connectivity index (χ0n) is 20.9. The first-order chi connectivity index (χ1) is 16.2. The predicted molar refractivity (Wildman–Crippen MR) is 137 cm³/mol. The van der Waals surface area contributed by atoms with Gasteiger partial charge >= 0.3 is 6.03 Å². The highest BCUT2D eigenvalue weighted by molar-refractivity contribution is 7.11. The lowest BCUT2D eigenvalue weighted by Gasteiger charge is -2.33. The molecule has 8 heteroatoms. The standard InChI is InChI=1S/C26H38N4O3S/c1-21-10-11-23(34-21)19-30(18-22-8-6-5-7-9-22)24(31)20-29(25(32)27-26(2,3)4)13-12-28-14-16-33-17-15-28/h5-11H,12-20H2,1-4H3,(H,27,32). The van der Waals surface area contributed by atoms with Crippen LogP contribution in [0.15, 0.2) is 42.5 Å². The Labute approximate surface area is 207 Å². The topological polar surface area (TPSA) is 65.1 Å². The van der Waals surface area contributed by atoms with Gasteiger partial charge in [-0.05, 0) is 45.4 Å². The summed E-state index contributed by atoms with van der Waals surface area (Å²) in [5.74, 6) is -0.0547. The first-order valence-corrected chi connectivity index (χ1v) is 12.8. The van der Waals surface area contributed by atoms with Gasteiger partial charge in [0.15, 0.2) is 0 Å². The second-order valence-electron chi connectivity index (χ2n) is 9.80. The maximum Gasteiger partial charge on any atom is 0.318 e. The molecule has 2 aromatic rings. The maximum atomic E-state index is 13.6. The number of amides is 3. The predicted octanol–water partition coefficient (Wildman–Crippen LogP) is 3.73. The van der Waals surface area contributed by atoms with E-state index in [2.05, 4.69) is 29.3 Å².